The van der Waals surface area contributed by atoms with Crippen LogP contribution in [0.25, 0.3) is 0 Å². The zero-order valence-electron chi connectivity index (χ0n) is 9.84. The molecule has 1 amide bonds. The molecule has 0 radical (unpaired) electrons. The Bertz CT molecular complexity index is 373. The van der Waals surface area contributed by atoms with E-state index in [2.05, 4.69) is 0 Å². The molecule has 1 atom stereocenters. The van der Waals surface area contributed by atoms with E-state index in [1.165, 1.54) is 4.90 Å². The monoisotopic (exact) mass is 226 g/mol. The number of likely N-dealkylation sites (N-methyl/N-ethyl adjacent to an activating group) is 1. The summed E-state index contributed by atoms with van der Waals surface area (Å²) in [6.45, 7) is 1.70. The van der Waals surface area contributed by atoms with E-state index in [0.29, 0.717) is 5.69 Å². The van der Waals surface area contributed by atoms with Crippen LogP contribution in [0.15, 0.2) is 12.1 Å². The van der Waals surface area contributed by atoms with Crippen LogP contribution < -0.4 is 0 Å². The fourth-order valence-electron chi connectivity index (χ4n) is 1.48. The molecule has 0 unspecified atom stereocenters. The average Bonchev–Trinajstić information content (AvgIpc) is 2.58. The Morgan fingerprint density at radius 3 is 2.62 bits per heavy atom. The number of aryl methyl sites for hydroxylation is 1. The highest BCUT2D eigenvalue weighted by Gasteiger charge is 2.17. The number of aliphatic hydroxyl groups excluding tert-OH is 2. The third kappa shape index (κ3) is 2.62. The van der Waals surface area contributed by atoms with Gasteiger partial charge in [0.25, 0.3) is 5.91 Å². The smallest absolute Gasteiger partial charge is 0.270 e. The van der Waals surface area contributed by atoms with Gasteiger partial charge in [-0.1, -0.05) is 0 Å². The van der Waals surface area contributed by atoms with Crippen molar-refractivity contribution in [3.8, 4) is 0 Å². The molecular weight excluding hydrogens is 208 g/mol. The fourth-order valence-corrected chi connectivity index (χ4v) is 1.48. The molecule has 0 saturated carbocycles. The van der Waals surface area contributed by atoms with Crippen molar-refractivity contribution in [3.05, 3.63) is 23.5 Å². The first-order valence-corrected chi connectivity index (χ1v) is 5.14. The first-order valence-electron chi connectivity index (χ1n) is 5.14. The molecule has 0 bridgehead atoms. The van der Waals surface area contributed by atoms with Gasteiger partial charge in [0.1, 0.15) is 5.69 Å². The van der Waals surface area contributed by atoms with E-state index in [9.17, 15) is 9.90 Å². The lowest BCUT2D eigenvalue weighted by Crippen LogP contribution is -2.36. The van der Waals surface area contributed by atoms with E-state index in [0.717, 1.165) is 5.69 Å². The molecule has 90 valence electrons. The zero-order valence-corrected chi connectivity index (χ0v) is 9.84. The predicted molar refractivity (Wildman–Crippen MR) is 60.2 cm³/mol. The lowest BCUT2D eigenvalue weighted by atomic mass is 10.3. The van der Waals surface area contributed by atoms with Gasteiger partial charge >= 0.3 is 0 Å². The molecule has 0 aromatic carbocycles. The predicted octanol–water partition coefficient (Wildman–Crippen LogP) is -0.241. The summed E-state index contributed by atoms with van der Waals surface area (Å²) in [6.07, 6.45) is -0.893. The number of hydrogen-bond acceptors (Lipinski definition) is 3. The number of carbonyl (C=O) groups excluding carboxylic acids is 1. The van der Waals surface area contributed by atoms with Crippen molar-refractivity contribution < 1.29 is 15.0 Å². The molecule has 0 aliphatic heterocycles. The zero-order chi connectivity index (χ0) is 12.3. The number of nitrogens with zero attached hydrogens (tertiary/aromatic N) is 2. The Morgan fingerprint density at radius 2 is 2.19 bits per heavy atom. The summed E-state index contributed by atoms with van der Waals surface area (Å²) in [5.74, 6) is -0.164. The normalized spacial score (nSPS) is 12.6. The summed E-state index contributed by atoms with van der Waals surface area (Å²) >= 11 is 0. The second kappa shape index (κ2) is 5.14. The molecule has 5 nitrogen and oxygen atoms in total. The Kier molecular flexibility index (Phi) is 4.09. The van der Waals surface area contributed by atoms with Crippen molar-refractivity contribution in [1.82, 2.24) is 9.47 Å². The number of aliphatic hydroxyl groups is 2. The van der Waals surface area contributed by atoms with Crippen molar-refractivity contribution in [2.24, 2.45) is 7.05 Å². The van der Waals surface area contributed by atoms with E-state index in [1.807, 2.05) is 20.0 Å². The Labute approximate surface area is 94.9 Å². The minimum absolute atomic E-state index is 0.125. The highest BCUT2D eigenvalue weighted by molar-refractivity contribution is 5.92. The molecule has 5 heteroatoms. The van der Waals surface area contributed by atoms with Crippen molar-refractivity contribution in [3.63, 3.8) is 0 Å². The molecule has 0 aliphatic rings. The van der Waals surface area contributed by atoms with Crippen molar-refractivity contribution in [1.29, 1.82) is 0 Å². The van der Waals surface area contributed by atoms with Gasteiger partial charge in [-0.3, -0.25) is 4.79 Å². The molecule has 0 fully saturated rings. The first-order chi connectivity index (χ1) is 7.47. The molecular formula is C11H18N2O3. The van der Waals surface area contributed by atoms with Crippen LogP contribution in [0, 0.1) is 6.92 Å². The van der Waals surface area contributed by atoms with Gasteiger partial charge in [-0.25, -0.2) is 0 Å². The van der Waals surface area contributed by atoms with Gasteiger partial charge < -0.3 is 19.7 Å². The van der Waals surface area contributed by atoms with Gasteiger partial charge in [-0.2, -0.15) is 0 Å². The lowest BCUT2D eigenvalue weighted by molar-refractivity contribution is 0.0514. The van der Waals surface area contributed by atoms with E-state index < -0.39 is 6.10 Å². The quantitative estimate of drug-likeness (QED) is 0.744. The highest BCUT2D eigenvalue weighted by Crippen LogP contribution is 2.08. The number of carbonyl (C=O) groups is 1. The van der Waals surface area contributed by atoms with Crippen LogP contribution in [0.2, 0.25) is 0 Å². The van der Waals surface area contributed by atoms with E-state index in [4.69, 9.17) is 5.11 Å². The average molecular weight is 226 g/mol. The Morgan fingerprint density at radius 1 is 1.56 bits per heavy atom. The number of hydrogen-bond donors (Lipinski definition) is 2. The van der Waals surface area contributed by atoms with Crippen LogP contribution in [0.1, 0.15) is 16.2 Å². The van der Waals surface area contributed by atoms with Crippen molar-refractivity contribution in [2.45, 2.75) is 13.0 Å². The Balaban J connectivity index is 2.74. The highest BCUT2D eigenvalue weighted by atomic mass is 16.3. The number of amides is 1. The van der Waals surface area contributed by atoms with Crippen LogP contribution in [0.5, 0.6) is 0 Å². The topological polar surface area (TPSA) is 65.7 Å². The maximum absolute atomic E-state index is 11.9. The SMILES string of the molecule is Cc1ccc(C(=O)N(C)C[C@H](O)CO)n1C. The summed E-state index contributed by atoms with van der Waals surface area (Å²) < 4.78 is 1.80. The van der Waals surface area contributed by atoms with Crippen LogP contribution in [0.3, 0.4) is 0 Å². The largest absolute Gasteiger partial charge is 0.394 e. The van der Waals surface area contributed by atoms with Gasteiger partial charge in [-0.05, 0) is 19.1 Å². The summed E-state index contributed by atoms with van der Waals surface area (Å²) in [7, 11) is 3.42. The van der Waals surface area contributed by atoms with Crippen molar-refractivity contribution in [2.75, 3.05) is 20.2 Å². The third-order valence-corrected chi connectivity index (χ3v) is 2.63. The molecule has 1 aromatic heterocycles. The summed E-state index contributed by atoms with van der Waals surface area (Å²) in [6, 6.07) is 3.61. The van der Waals surface area contributed by atoms with E-state index >= 15 is 0 Å². The van der Waals surface area contributed by atoms with Crippen LogP contribution in [-0.4, -0.2) is 51.9 Å². The lowest BCUT2D eigenvalue weighted by Gasteiger charge is -2.20. The molecule has 0 spiro atoms. The second-order valence-corrected chi connectivity index (χ2v) is 3.94. The summed E-state index contributed by atoms with van der Waals surface area (Å²) in [4.78, 5) is 13.3. The molecule has 16 heavy (non-hydrogen) atoms. The van der Waals surface area contributed by atoms with Gasteiger partial charge in [-0.15, -0.1) is 0 Å². The van der Waals surface area contributed by atoms with Gasteiger partial charge in [0.05, 0.1) is 12.7 Å². The fraction of sp³-hybridized carbons (Fsp3) is 0.545. The molecule has 2 N–H and O–H groups in total. The molecule has 0 saturated heterocycles. The van der Waals surface area contributed by atoms with Gasteiger partial charge in [0.2, 0.25) is 0 Å². The van der Waals surface area contributed by atoms with Gasteiger partial charge in [0, 0.05) is 26.3 Å². The standard InChI is InChI=1S/C11H18N2O3/c1-8-4-5-10(13(8)3)11(16)12(2)6-9(15)7-14/h4-5,9,14-15H,6-7H2,1-3H3/t9-/m0/s1. The number of aromatic nitrogens is 1. The minimum Gasteiger partial charge on any atom is -0.394 e. The van der Waals surface area contributed by atoms with E-state index in [1.54, 1.807) is 17.7 Å². The molecule has 1 rings (SSSR count). The molecule has 1 heterocycles. The van der Waals surface area contributed by atoms with Crippen molar-refractivity contribution >= 4 is 5.91 Å². The van der Waals surface area contributed by atoms with E-state index in [-0.39, 0.29) is 19.1 Å². The molecule has 1 aromatic rings. The summed E-state index contributed by atoms with van der Waals surface area (Å²) in [5.41, 5.74) is 1.57. The summed E-state index contributed by atoms with van der Waals surface area (Å²) in [5, 5.41) is 17.9. The van der Waals surface area contributed by atoms with Gasteiger partial charge in [0.15, 0.2) is 0 Å². The number of rotatable bonds is 4. The maximum atomic E-state index is 11.9. The van der Waals surface area contributed by atoms with Crippen LogP contribution in [-0.2, 0) is 7.05 Å². The Hall–Kier alpha value is -1.33. The third-order valence-electron chi connectivity index (χ3n) is 2.63. The molecule has 0 aliphatic carbocycles. The van der Waals surface area contributed by atoms with Crippen LogP contribution in [0.4, 0.5) is 0 Å². The maximum Gasteiger partial charge on any atom is 0.270 e. The van der Waals surface area contributed by atoms with Crippen LogP contribution >= 0.6 is 0 Å². The second-order valence-electron chi connectivity index (χ2n) is 3.94. The first kappa shape index (κ1) is 12.7. The minimum atomic E-state index is -0.893.